The highest BCUT2D eigenvalue weighted by Gasteiger charge is 2.29. The van der Waals surface area contributed by atoms with Crippen molar-refractivity contribution in [2.75, 3.05) is 32.0 Å². The first-order valence-corrected chi connectivity index (χ1v) is 8.53. The minimum absolute atomic E-state index is 0.125. The Morgan fingerprint density at radius 2 is 2.20 bits per heavy atom. The zero-order valence-electron chi connectivity index (χ0n) is 14.9. The maximum atomic E-state index is 12.0. The first-order valence-electron chi connectivity index (χ1n) is 8.53. The molecule has 0 saturated carbocycles. The van der Waals surface area contributed by atoms with Crippen LogP contribution in [0.4, 0.5) is 11.6 Å². The Labute approximate surface area is 147 Å². The molecule has 132 valence electrons. The Morgan fingerprint density at radius 1 is 1.36 bits per heavy atom. The Balaban J connectivity index is 1.76. The molecule has 0 bridgehead atoms. The maximum Gasteiger partial charge on any atom is 0.236 e. The number of amides is 1. The number of rotatable bonds is 5. The minimum Gasteiger partial charge on any atom is -0.341 e. The SMILES string of the molecule is CNCC(=O)N1CC[C@@H](c2nc(C)cc(Nc3ncccc3C)n2)C1. The van der Waals surface area contributed by atoms with Gasteiger partial charge in [0.05, 0.1) is 6.54 Å². The molecule has 1 aliphatic heterocycles. The number of aromatic nitrogens is 3. The van der Waals surface area contributed by atoms with Crippen LogP contribution in [0.25, 0.3) is 0 Å². The van der Waals surface area contributed by atoms with Gasteiger partial charge in [-0.1, -0.05) is 6.07 Å². The zero-order valence-corrected chi connectivity index (χ0v) is 14.9. The van der Waals surface area contributed by atoms with E-state index in [1.54, 1.807) is 13.2 Å². The number of aryl methyl sites for hydroxylation is 2. The Kier molecular flexibility index (Phi) is 5.23. The molecule has 1 aliphatic rings. The fourth-order valence-electron chi connectivity index (χ4n) is 3.04. The monoisotopic (exact) mass is 340 g/mol. The fourth-order valence-corrected chi connectivity index (χ4v) is 3.04. The van der Waals surface area contributed by atoms with Gasteiger partial charge in [0.2, 0.25) is 5.91 Å². The van der Waals surface area contributed by atoms with Crippen molar-refractivity contribution in [3.63, 3.8) is 0 Å². The number of likely N-dealkylation sites (N-methyl/N-ethyl adjacent to an activating group) is 1. The van der Waals surface area contributed by atoms with E-state index in [-0.39, 0.29) is 11.8 Å². The van der Waals surface area contributed by atoms with Gasteiger partial charge in [0.1, 0.15) is 17.5 Å². The van der Waals surface area contributed by atoms with Crippen LogP contribution in [0.5, 0.6) is 0 Å². The second kappa shape index (κ2) is 7.57. The lowest BCUT2D eigenvalue weighted by Crippen LogP contribution is -2.35. The van der Waals surface area contributed by atoms with Crippen LogP contribution >= 0.6 is 0 Å². The minimum atomic E-state index is 0.125. The number of carbonyl (C=O) groups excluding carboxylic acids is 1. The molecule has 1 saturated heterocycles. The number of nitrogens with zero attached hydrogens (tertiary/aromatic N) is 4. The van der Waals surface area contributed by atoms with Crippen LogP contribution in [-0.2, 0) is 4.79 Å². The summed E-state index contributed by atoms with van der Waals surface area (Å²) >= 11 is 0. The normalized spacial score (nSPS) is 16.9. The van der Waals surface area contributed by atoms with Crippen LogP contribution in [0.3, 0.4) is 0 Å². The second-order valence-corrected chi connectivity index (χ2v) is 6.40. The van der Waals surface area contributed by atoms with Crippen LogP contribution in [0.1, 0.15) is 29.4 Å². The van der Waals surface area contributed by atoms with Gasteiger partial charge in [0.25, 0.3) is 0 Å². The largest absolute Gasteiger partial charge is 0.341 e. The Morgan fingerprint density at radius 3 is 2.96 bits per heavy atom. The van der Waals surface area contributed by atoms with Crippen molar-refractivity contribution in [2.45, 2.75) is 26.2 Å². The summed E-state index contributed by atoms with van der Waals surface area (Å²) in [5.41, 5.74) is 1.96. The number of pyridine rings is 1. The van der Waals surface area contributed by atoms with E-state index in [0.717, 1.165) is 41.7 Å². The zero-order chi connectivity index (χ0) is 17.8. The van der Waals surface area contributed by atoms with Crippen LogP contribution in [0.2, 0.25) is 0 Å². The number of carbonyl (C=O) groups is 1. The average Bonchev–Trinajstić information content (AvgIpc) is 3.07. The van der Waals surface area contributed by atoms with E-state index in [0.29, 0.717) is 13.1 Å². The summed E-state index contributed by atoms with van der Waals surface area (Å²) in [6.07, 6.45) is 2.65. The lowest BCUT2D eigenvalue weighted by Gasteiger charge is -2.16. The van der Waals surface area contributed by atoms with Gasteiger partial charge >= 0.3 is 0 Å². The van der Waals surface area contributed by atoms with Crippen molar-refractivity contribution in [1.29, 1.82) is 0 Å². The van der Waals surface area contributed by atoms with Crippen molar-refractivity contribution in [1.82, 2.24) is 25.2 Å². The van der Waals surface area contributed by atoms with Crippen molar-refractivity contribution in [3.05, 3.63) is 41.5 Å². The molecular weight excluding hydrogens is 316 g/mol. The van der Waals surface area contributed by atoms with Crippen LogP contribution < -0.4 is 10.6 Å². The Hall–Kier alpha value is -2.54. The first kappa shape index (κ1) is 17.3. The van der Waals surface area contributed by atoms with E-state index >= 15 is 0 Å². The van der Waals surface area contributed by atoms with E-state index < -0.39 is 0 Å². The van der Waals surface area contributed by atoms with E-state index in [9.17, 15) is 4.79 Å². The molecule has 25 heavy (non-hydrogen) atoms. The third kappa shape index (κ3) is 4.11. The molecule has 0 aromatic carbocycles. The number of hydrogen-bond donors (Lipinski definition) is 2. The van der Waals surface area contributed by atoms with Gasteiger partial charge in [-0.3, -0.25) is 4.79 Å². The molecule has 1 amide bonds. The first-order chi connectivity index (χ1) is 12.1. The van der Waals surface area contributed by atoms with Crippen LogP contribution in [0.15, 0.2) is 24.4 Å². The average molecular weight is 340 g/mol. The van der Waals surface area contributed by atoms with E-state index in [4.69, 9.17) is 0 Å². The molecule has 2 N–H and O–H groups in total. The van der Waals surface area contributed by atoms with E-state index in [1.165, 1.54) is 0 Å². The molecular formula is C18H24N6O. The molecule has 7 nitrogen and oxygen atoms in total. The number of hydrogen-bond acceptors (Lipinski definition) is 6. The highest BCUT2D eigenvalue weighted by atomic mass is 16.2. The molecule has 3 heterocycles. The molecule has 0 spiro atoms. The van der Waals surface area contributed by atoms with Crippen LogP contribution in [-0.4, -0.2) is 52.4 Å². The summed E-state index contributed by atoms with van der Waals surface area (Å²) in [5.74, 6) is 2.62. The van der Waals surface area contributed by atoms with E-state index in [1.807, 2.05) is 36.9 Å². The van der Waals surface area contributed by atoms with Crippen molar-refractivity contribution in [2.24, 2.45) is 0 Å². The number of likely N-dealkylation sites (tertiary alicyclic amines) is 1. The topological polar surface area (TPSA) is 83.0 Å². The van der Waals surface area contributed by atoms with Crippen LogP contribution in [0, 0.1) is 13.8 Å². The number of nitrogens with one attached hydrogen (secondary N) is 2. The van der Waals surface area contributed by atoms with Gasteiger partial charge < -0.3 is 15.5 Å². The summed E-state index contributed by atoms with van der Waals surface area (Å²) < 4.78 is 0. The molecule has 0 aliphatic carbocycles. The third-order valence-corrected chi connectivity index (χ3v) is 4.36. The third-order valence-electron chi connectivity index (χ3n) is 4.36. The predicted octanol–water partition coefficient (Wildman–Crippen LogP) is 1.77. The maximum absolute atomic E-state index is 12.0. The van der Waals surface area contributed by atoms with Crippen molar-refractivity contribution in [3.8, 4) is 0 Å². The standard InChI is InChI=1S/C18H24N6O/c1-12-5-4-7-20-17(12)22-15-9-13(2)21-18(23-15)14-6-8-24(11-14)16(25)10-19-3/h4-5,7,9,14,19H,6,8,10-11H2,1-3H3,(H,20,21,22,23)/t14-/m1/s1. The molecule has 1 atom stereocenters. The molecule has 0 unspecified atom stereocenters. The second-order valence-electron chi connectivity index (χ2n) is 6.40. The Bertz CT molecular complexity index is 763. The van der Waals surface area contributed by atoms with Gasteiger partial charge in [0.15, 0.2) is 0 Å². The molecule has 3 rings (SSSR count). The van der Waals surface area contributed by atoms with Gasteiger partial charge in [-0.05, 0) is 38.9 Å². The summed E-state index contributed by atoms with van der Waals surface area (Å²) in [7, 11) is 1.78. The molecule has 7 heteroatoms. The highest BCUT2D eigenvalue weighted by Crippen LogP contribution is 2.26. The summed E-state index contributed by atoms with van der Waals surface area (Å²) in [4.78, 5) is 27.5. The summed E-state index contributed by atoms with van der Waals surface area (Å²) in [6, 6.07) is 5.83. The van der Waals surface area contributed by atoms with E-state index in [2.05, 4.69) is 25.6 Å². The molecule has 0 radical (unpaired) electrons. The smallest absolute Gasteiger partial charge is 0.236 e. The quantitative estimate of drug-likeness (QED) is 0.863. The van der Waals surface area contributed by atoms with Crippen molar-refractivity contribution < 1.29 is 4.79 Å². The lowest BCUT2D eigenvalue weighted by molar-refractivity contribution is -0.129. The van der Waals surface area contributed by atoms with Gasteiger partial charge in [-0.15, -0.1) is 0 Å². The molecule has 2 aromatic heterocycles. The van der Waals surface area contributed by atoms with Gasteiger partial charge in [-0.25, -0.2) is 15.0 Å². The summed E-state index contributed by atoms with van der Waals surface area (Å²) in [5, 5.41) is 6.19. The molecule has 1 fully saturated rings. The van der Waals surface area contributed by atoms with Crippen molar-refractivity contribution >= 4 is 17.5 Å². The van der Waals surface area contributed by atoms with Gasteiger partial charge in [-0.2, -0.15) is 0 Å². The molecule has 2 aromatic rings. The number of anilines is 2. The fraction of sp³-hybridized carbons (Fsp3) is 0.444. The summed E-state index contributed by atoms with van der Waals surface area (Å²) in [6.45, 7) is 5.76. The van der Waals surface area contributed by atoms with Gasteiger partial charge in [0, 0.05) is 37.0 Å². The predicted molar refractivity (Wildman–Crippen MR) is 96.9 cm³/mol. The lowest BCUT2D eigenvalue weighted by atomic mass is 10.1. The highest BCUT2D eigenvalue weighted by molar-refractivity contribution is 5.78.